The number of hydrogen-bond donors (Lipinski definition) is 3. The molecule has 0 bridgehead atoms. The molecule has 0 saturated carbocycles. The lowest BCUT2D eigenvalue weighted by atomic mass is 10.1. The normalized spacial score (nSPS) is 19.3. The number of aliphatic imine (C=N–C) groups is 1. The summed E-state index contributed by atoms with van der Waals surface area (Å²) in [7, 11) is 0. The monoisotopic (exact) mass is 525 g/mol. The van der Waals surface area contributed by atoms with E-state index in [0.29, 0.717) is 37.9 Å². The number of aliphatic hydroxyl groups excluding tert-OH is 1. The van der Waals surface area contributed by atoms with Crippen LogP contribution in [0.25, 0.3) is 11.3 Å². The Kier molecular flexibility index (Phi) is 7.12. The van der Waals surface area contributed by atoms with Crippen molar-refractivity contribution in [3.05, 3.63) is 60.3 Å². The molecule has 200 valence electrons. The Balaban J connectivity index is 1.13. The number of aliphatic hydroxyl groups is 1. The first kappa shape index (κ1) is 24.9. The highest BCUT2D eigenvalue weighted by atomic mass is 16.5. The van der Waals surface area contributed by atoms with E-state index in [4.69, 9.17) is 9.72 Å². The predicted molar refractivity (Wildman–Crippen MR) is 150 cm³/mol. The van der Waals surface area contributed by atoms with E-state index in [0.717, 1.165) is 66.8 Å². The number of nitrogens with zero attached hydrogens (tertiary/aromatic N) is 7. The zero-order chi connectivity index (χ0) is 26.6. The molecule has 0 radical (unpaired) electrons. The average Bonchev–Trinajstić information content (AvgIpc) is 3.48. The summed E-state index contributed by atoms with van der Waals surface area (Å²) in [5, 5.41) is 24.8. The van der Waals surface area contributed by atoms with E-state index in [-0.39, 0.29) is 6.10 Å². The highest BCUT2D eigenvalue weighted by molar-refractivity contribution is 5.84. The van der Waals surface area contributed by atoms with Crippen LogP contribution in [-0.4, -0.2) is 78.1 Å². The van der Waals surface area contributed by atoms with Crippen molar-refractivity contribution in [2.75, 3.05) is 61.3 Å². The predicted octanol–water partition coefficient (Wildman–Crippen LogP) is 2.69. The molecule has 3 N–H and O–H groups in total. The van der Waals surface area contributed by atoms with Gasteiger partial charge < -0.3 is 25.0 Å². The Morgan fingerprint density at radius 1 is 1.03 bits per heavy atom. The average molecular weight is 526 g/mol. The van der Waals surface area contributed by atoms with Crippen molar-refractivity contribution in [3.63, 3.8) is 0 Å². The van der Waals surface area contributed by atoms with E-state index in [1.54, 1.807) is 6.20 Å². The van der Waals surface area contributed by atoms with Crippen LogP contribution in [0.15, 0.2) is 59.7 Å². The number of hydrazine groups is 1. The number of anilines is 4. The highest BCUT2D eigenvalue weighted by Crippen LogP contribution is 2.28. The van der Waals surface area contributed by atoms with E-state index < -0.39 is 0 Å². The third kappa shape index (κ3) is 5.72. The van der Waals surface area contributed by atoms with E-state index in [2.05, 4.69) is 42.7 Å². The van der Waals surface area contributed by atoms with Gasteiger partial charge in [0.05, 0.1) is 42.3 Å². The molecule has 0 amide bonds. The van der Waals surface area contributed by atoms with Crippen molar-refractivity contribution < 1.29 is 9.84 Å². The zero-order valence-electron chi connectivity index (χ0n) is 21.6. The molecule has 11 heteroatoms. The molecule has 1 unspecified atom stereocenters. The van der Waals surface area contributed by atoms with Crippen LogP contribution >= 0.6 is 0 Å². The molecule has 4 heterocycles. The van der Waals surface area contributed by atoms with Crippen LogP contribution in [0.3, 0.4) is 0 Å². The summed E-state index contributed by atoms with van der Waals surface area (Å²) in [6.45, 7) is 4.96. The van der Waals surface area contributed by atoms with Crippen LogP contribution in [0.2, 0.25) is 0 Å². The van der Waals surface area contributed by atoms with Crippen molar-refractivity contribution >= 4 is 29.0 Å². The molecule has 0 aliphatic carbocycles. The summed E-state index contributed by atoms with van der Waals surface area (Å²) in [6.07, 6.45) is 3.22. The highest BCUT2D eigenvalue weighted by Gasteiger charge is 2.25. The molecular formula is C28H31N9O2. The molecule has 2 saturated heterocycles. The summed E-state index contributed by atoms with van der Waals surface area (Å²) in [6, 6.07) is 17.9. The van der Waals surface area contributed by atoms with Crippen molar-refractivity contribution in [1.82, 2.24) is 20.3 Å². The van der Waals surface area contributed by atoms with Gasteiger partial charge in [0.2, 0.25) is 11.9 Å². The summed E-state index contributed by atoms with van der Waals surface area (Å²) < 4.78 is 5.48. The lowest BCUT2D eigenvalue weighted by molar-refractivity contribution is 0.102. The number of ether oxygens (including phenoxy) is 1. The first-order valence-electron chi connectivity index (χ1n) is 13.2. The number of rotatable bonds is 5. The van der Waals surface area contributed by atoms with Gasteiger partial charge in [0, 0.05) is 49.3 Å². The minimum Gasteiger partial charge on any atom is -0.391 e. The number of benzene rings is 2. The fraction of sp³-hybridized carbons (Fsp3) is 0.357. The van der Waals surface area contributed by atoms with E-state index in [1.165, 1.54) is 0 Å². The molecule has 1 aromatic heterocycles. The van der Waals surface area contributed by atoms with Gasteiger partial charge >= 0.3 is 0 Å². The molecule has 2 fully saturated rings. The largest absolute Gasteiger partial charge is 0.391 e. The first-order chi connectivity index (χ1) is 19.1. The Labute approximate surface area is 227 Å². The van der Waals surface area contributed by atoms with E-state index in [1.807, 2.05) is 47.5 Å². The number of hydrogen-bond acceptors (Lipinski definition) is 11. The number of morpholine rings is 1. The third-order valence-electron chi connectivity index (χ3n) is 7.10. The summed E-state index contributed by atoms with van der Waals surface area (Å²) in [5.74, 6) is 1.28. The Morgan fingerprint density at radius 2 is 1.87 bits per heavy atom. The van der Waals surface area contributed by atoms with Crippen LogP contribution in [0.1, 0.15) is 18.4 Å². The van der Waals surface area contributed by atoms with Gasteiger partial charge in [-0.3, -0.25) is 10.4 Å². The van der Waals surface area contributed by atoms with Crippen LogP contribution in [0.5, 0.6) is 0 Å². The lowest BCUT2D eigenvalue weighted by Crippen LogP contribution is -2.49. The van der Waals surface area contributed by atoms with Crippen LogP contribution < -0.4 is 20.7 Å². The van der Waals surface area contributed by atoms with Crippen molar-refractivity contribution in [2.24, 2.45) is 4.99 Å². The second-order valence-corrected chi connectivity index (χ2v) is 9.82. The fourth-order valence-electron chi connectivity index (χ4n) is 5.05. The summed E-state index contributed by atoms with van der Waals surface area (Å²) >= 11 is 0. The summed E-state index contributed by atoms with van der Waals surface area (Å²) in [5.41, 5.74) is 8.39. The molecule has 3 aromatic rings. The van der Waals surface area contributed by atoms with E-state index >= 15 is 0 Å². The summed E-state index contributed by atoms with van der Waals surface area (Å²) in [4.78, 5) is 18.1. The molecular weight excluding hydrogens is 494 g/mol. The molecule has 2 aromatic carbocycles. The second kappa shape index (κ2) is 11.1. The zero-order valence-corrected chi connectivity index (χ0v) is 21.6. The number of aromatic nitrogens is 2. The minimum atomic E-state index is -0.300. The number of guanidine groups is 1. The van der Waals surface area contributed by atoms with Gasteiger partial charge in [-0.1, -0.05) is 0 Å². The molecule has 39 heavy (non-hydrogen) atoms. The topological polar surface area (TPSA) is 125 Å². The Bertz CT molecular complexity index is 1380. The fourth-order valence-corrected chi connectivity index (χ4v) is 5.05. The molecule has 1 atom stereocenters. The number of β-amino-alcohol motifs (C(OH)–C–C–N with tert-alkyl or cyclic N) is 1. The van der Waals surface area contributed by atoms with Crippen molar-refractivity contribution in [2.45, 2.75) is 18.9 Å². The quantitative estimate of drug-likeness (QED) is 0.458. The van der Waals surface area contributed by atoms with Gasteiger partial charge in [-0.25, -0.2) is 15.0 Å². The SMILES string of the molecule is N#Cc1cc(-c2ccnc(Nc3ccc(N4CN=C(N5CCCC(O)C5)N4)cc3)n2)cc(N2CCOCC2)c1. The third-order valence-corrected chi connectivity index (χ3v) is 7.10. The van der Waals surface area contributed by atoms with Gasteiger partial charge in [-0.15, -0.1) is 0 Å². The van der Waals surface area contributed by atoms with E-state index in [9.17, 15) is 10.4 Å². The molecule has 3 aliphatic heterocycles. The van der Waals surface area contributed by atoms with Gasteiger partial charge in [0.15, 0.2) is 0 Å². The second-order valence-electron chi connectivity index (χ2n) is 9.82. The molecule has 11 nitrogen and oxygen atoms in total. The number of likely N-dealkylation sites (tertiary alicyclic amines) is 1. The maximum Gasteiger partial charge on any atom is 0.227 e. The first-order valence-corrected chi connectivity index (χ1v) is 13.2. The van der Waals surface area contributed by atoms with Gasteiger partial charge in [0.1, 0.15) is 6.67 Å². The van der Waals surface area contributed by atoms with Crippen molar-refractivity contribution in [1.29, 1.82) is 5.26 Å². The molecule has 3 aliphatic rings. The number of nitriles is 1. The Hall–Kier alpha value is -4.40. The number of piperidine rings is 1. The van der Waals surface area contributed by atoms with Crippen molar-refractivity contribution in [3.8, 4) is 17.3 Å². The number of nitrogens with one attached hydrogen (secondary N) is 2. The maximum atomic E-state index is 9.97. The van der Waals surface area contributed by atoms with Gasteiger partial charge in [-0.2, -0.15) is 5.26 Å². The molecule has 6 rings (SSSR count). The maximum absolute atomic E-state index is 9.97. The van der Waals surface area contributed by atoms with Gasteiger partial charge in [-0.05, 0) is 61.4 Å². The van der Waals surface area contributed by atoms with Crippen LogP contribution in [0.4, 0.5) is 23.0 Å². The van der Waals surface area contributed by atoms with Crippen LogP contribution in [-0.2, 0) is 4.74 Å². The molecule has 0 spiro atoms. The van der Waals surface area contributed by atoms with Gasteiger partial charge in [0.25, 0.3) is 0 Å². The standard InChI is InChI=1S/C28H31N9O2/c29-17-20-14-21(16-24(15-20)35-10-12-39-13-11-35)26-7-8-30-27(33-26)32-22-3-5-23(6-4-22)37-19-31-28(34-37)36-9-1-2-25(38)18-36/h3-8,14-16,25,38H,1-2,9-13,18-19H2,(H,31,34)(H,30,32,33). The minimum absolute atomic E-state index is 0.300. The Morgan fingerprint density at radius 3 is 2.67 bits per heavy atom. The smallest absolute Gasteiger partial charge is 0.227 e. The lowest BCUT2D eigenvalue weighted by Gasteiger charge is -2.32. The van der Waals surface area contributed by atoms with Crippen LogP contribution in [0, 0.1) is 11.3 Å².